The molecule has 0 aliphatic heterocycles. The molecule has 0 saturated heterocycles. The molecule has 24 heavy (non-hydrogen) atoms. The maximum atomic E-state index is 4.89. The van der Waals surface area contributed by atoms with Crippen molar-refractivity contribution in [2.24, 2.45) is 5.41 Å². The molecule has 0 amide bonds. The van der Waals surface area contributed by atoms with Crippen LogP contribution in [0.25, 0.3) is 16.5 Å². The fourth-order valence-electron chi connectivity index (χ4n) is 2.15. The minimum absolute atomic E-state index is 0.208. The van der Waals surface area contributed by atoms with E-state index in [2.05, 4.69) is 65.8 Å². The summed E-state index contributed by atoms with van der Waals surface area (Å²) in [6.45, 7) is 4.26. The Balaban J connectivity index is 0.000000176. The van der Waals surface area contributed by atoms with Gasteiger partial charge in [-0.2, -0.15) is 6.08 Å². The van der Waals surface area contributed by atoms with Crippen LogP contribution in [0.2, 0.25) is 0 Å². The van der Waals surface area contributed by atoms with E-state index in [0.717, 1.165) is 5.69 Å². The van der Waals surface area contributed by atoms with Gasteiger partial charge in [0.1, 0.15) is 6.33 Å². The van der Waals surface area contributed by atoms with Gasteiger partial charge in [-0.1, -0.05) is 25.3 Å². The third-order valence-electron chi connectivity index (χ3n) is 3.28. The maximum Gasteiger partial charge on any atom is 0.141 e. The van der Waals surface area contributed by atoms with Crippen LogP contribution in [0.15, 0.2) is 61.0 Å². The predicted octanol–water partition coefficient (Wildman–Crippen LogP) is 4.85. The molecule has 0 spiro atoms. The third kappa shape index (κ3) is 5.64. The van der Waals surface area contributed by atoms with Crippen molar-refractivity contribution < 1.29 is 17.0 Å². The Bertz CT molecular complexity index is 760. The van der Waals surface area contributed by atoms with Gasteiger partial charge in [-0.15, -0.1) is 46.2 Å². The molecule has 0 radical (unpaired) electrons. The molecule has 0 N–H and O–H groups in total. The molecule has 1 aromatic heterocycles. The number of hydrogen-bond acceptors (Lipinski definition) is 3. The van der Waals surface area contributed by atoms with E-state index in [-0.39, 0.29) is 5.41 Å². The molecular formula is C17H16Cl2N4Ti-2. The zero-order valence-electron chi connectivity index (χ0n) is 13.3. The van der Waals surface area contributed by atoms with Crippen LogP contribution in [-0.2, 0) is 17.0 Å². The first-order valence-corrected chi connectivity index (χ1v) is 11.5. The molecule has 0 saturated carbocycles. The molecule has 2 aromatic carbocycles. The Morgan fingerprint density at radius 1 is 1.25 bits per heavy atom. The Hall–Kier alpha value is -1.33. The fourth-order valence-corrected chi connectivity index (χ4v) is 2.15. The minimum atomic E-state index is -0.556. The second kappa shape index (κ2) is 9.23. The summed E-state index contributed by atoms with van der Waals surface area (Å²) in [5.41, 5.74) is 1.20. The van der Waals surface area contributed by atoms with E-state index in [4.69, 9.17) is 18.6 Å². The molecular weight excluding hydrogens is 379 g/mol. The van der Waals surface area contributed by atoms with Gasteiger partial charge >= 0.3 is 35.6 Å². The molecule has 7 heteroatoms. The van der Waals surface area contributed by atoms with E-state index in [0.29, 0.717) is 0 Å². The van der Waals surface area contributed by atoms with Crippen LogP contribution in [0.3, 0.4) is 0 Å². The average molecular weight is 395 g/mol. The molecule has 4 rings (SSSR count). The number of tetrazole rings is 1. The van der Waals surface area contributed by atoms with E-state index in [1.807, 2.05) is 24.3 Å². The summed E-state index contributed by atoms with van der Waals surface area (Å²) in [4.78, 5) is 0. The van der Waals surface area contributed by atoms with E-state index in [1.54, 1.807) is 11.0 Å². The average Bonchev–Trinajstić information content (AvgIpc) is 3.27. The fraction of sp³-hybridized carbons (Fsp3) is 0.176. The van der Waals surface area contributed by atoms with Crippen LogP contribution in [0.1, 0.15) is 13.8 Å². The van der Waals surface area contributed by atoms with Crippen LogP contribution >= 0.6 is 18.6 Å². The number of halogens is 2. The van der Waals surface area contributed by atoms with Crippen LogP contribution < -0.4 is 0 Å². The van der Waals surface area contributed by atoms with Gasteiger partial charge in [0.05, 0.1) is 0 Å². The maximum absolute atomic E-state index is 4.89. The predicted molar refractivity (Wildman–Crippen MR) is 94.7 cm³/mol. The smallest absolute Gasteiger partial charge is 0.141 e. The van der Waals surface area contributed by atoms with Gasteiger partial charge in [0, 0.05) is 0 Å². The van der Waals surface area contributed by atoms with Gasteiger partial charge in [-0.05, 0) is 16.1 Å². The van der Waals surface area contributed by atoms with Crippen molar-refractivity contribution in [3.05, 3.63) is 67.0 Å². The summed E-state index contributed by atoms with van der Waals surface area (Å²) in [6.07, 6.45) is 10.9. The number of allylic oxidation sites excluding steroid dienone is 4. The molecule has 1 heterocycles. The van der Waals surface area contributed by atoms with E-state index >= 15 is 0 Å². The number of fused-ring (bicyclic) bond motifs is 1. The molecule has 0 fully saturated rings. The molecule has 1 aliphatic rings. The minimum Gasteiger partial charge on any atom is -0.220 e. The van der Waals surface area contributed by atoms with Gasteiger partial charge in [-0.25, -0.2) is 16.8 Å². The Kier molecular flexibility index (Phi) is 7.31. The van der Waals surface area contributed by atoms with Crippen LogP contribution in [-0.4, -0.2) is 20.2 Å². The molecule has 0 bridgehead atoms. The Morgan fingerprint density at radius 2 is 2.00 bits per heavy atom. The van der Waals surface area contributed by atoms with E-state index < -0.39 is 17.0 Å². The van der Waals surface area contributed by atoms with E-state index in [1.165, 1.54) is 10.8 Å². The van der Waals surface area contributed by atoms with Crippen molar-refractivity contribution in [1.82, 2.24) is 20.2 Å². The normalized spacial score (nSPS) is 13.8. The number of nitrogens with zero attached hydrogens (tertiary/aromatic N) is 4. The van der Waals surface area contributed by atoms with Crippen molar-refractivity contribution in [2.75, 3.05) is 0 Å². The van der Waals surface area contributed by atoms with Crippen molar-refractivity contribution in [3.8, 4) is 5.69 Å². The molecule has 0 unspecified atom stereocenters. The molecule has 124 valence electrons. The summed E-state index contributed by atoms with van der Waals surface area (Å²) >= 11 is -0.556. The number of benzene rings is 1. The summed E-state index contributed by atoms with van der Waals surface area (Å²) in [5.74, 6) is 0. The number of rotatable bonds is 1. The second-order valence-electron chi connectivity index (χ2n) is 5.56. The standard InChI is InChI=1S/C10H7N4.C7H9.2ClH.Ti/c1-2-4-9-6-10(5-8(9)3-1)14-7-11-12-13-14;1-7(2)5-3-4-6-7;;;/h1-7H;3-5H,1-2H3;2*1H;/q2*-1;;;+2/p-2. The first-order valence-electron chi connectivity index (χ1n) is 7.19. The first-order chi connectivity index (χ1) is 11.6. The van der Waals surface area contributed by atoms with E-state index in [9.17, 15) is 0 Å². The zero-order valence-corrected chi connectivity index (χ0v) is 16.4. The summed E-state index contributed by atoms with van der Waals surface area (Å²) in [7, 11) is 9.78. The van der Waals surface area contributed by atoms with Crippen molar-refractivity contribution in [2.45, 2.75) is 13.8 Å². The monoisotopic (exact) mass is 394 g/mol. The van der Waals surface area contributed by atoms with Crippen molar-refractivity contribution in [3.63, 3.8) is 0 Å². The quantitative estimate of drug-likeness (QED) is 0.437. The molecule has 1 aliphatic carbocycles. The third-order valence-corrected chi connectivity index (χ3v) is 3.28. The summed E-state index contributed by atoms with van der Waals surface area (Å²) in [6, 6.07) is 12.3. The topological polar surface area (TPSA) is 43.6 Å². The number of aromatic nitrogens is 4. The Labute approximate surface area is 158 Å². The van der Waals surface area contributed by atoms with Crippen LogP contribution in [0.4, 0.5) is 0 Å². The molecule has 4 nitrogen and oxygen atoms in total. The summed E-state index contributed by atoms with van der Waals surface area (Å²) < 4.78 is 1.65. The largest absolute Gasteiger partial charge is 0.220 e. The summed E-state index contributed by atoms with van der Waals surface area (Å²) in [5, 5.41) is 13.5. The van der Waals surface area contributed by atoms with Crippen molar-refractivity contribution >= 4 is 29.4 Å². The molecule has 3 aromatic rings. The first kappa shape index (κ1) is 19.0. The zero-order chi connectivity index (χ0) is 17.4. The molecule has 0 atom stereocenters. The van der Waals surface area contributed by atoms with Gasteiger partial charge in [0.15, 0.2) is 0 Å². The van der Waals surface area contributed by atoms with Crippen LogP contribution in [0, 0.1) is 11.5 Å². The van der Waals surface area contributed by atoms with Crippen molar-refractivity contribution in [1.29, 1.82) is 0 Å². The Morgan fingerprint density at radius 3 is 2.50 bits per heavy atom. The van der Waals surface area contributed by atoms with Crippen LogP contribution in [0.5, 0.6) is 0 Å². The second-order valence-corrected chi connectivity index (χ2v) is 8.14. The van der Waals surface area contributed by atoms with Gasteiger partial charge < -0.3 is 0 Å². The number of hydrogen-bond donors (Lipinski definition) is 0. The SMILES string of the molecule is CC1(C)[C-]=CC=C1.[Cl][Ti][Cl].c1ccc2[cH-]c(-n3cnnn3)cc2c1. The van der Waals surface area contributed by atoms with Gasteiger partial charge in [0.25, 0.3) is 0 Å². The van der Waals surface area contributed by atoms with Gasteiger partial charge in [-0.3, -0.25) is 6.08 Å². The van der Waals surface area contributed by atoms with Gasteiger partial charge in [0.2, 0.25) is 0 Å².